The number of hydrogen-bond donors (Lipinski definition) is 1. The van der Waals surface area contributed by atoms with E-state index in [4.69, 9.17) is 5.73 Å². The predicted octanol–water partition coefficient (Wildman–Crippen LogP) is 0.992. The molecule has 0 aromatic carbocycles. The van der Waals surface area contributed by atoms with Crippen molar-refractivity contribution >= 4 is 12.2 Å². The zero-order valence-corrected chi connectivity index (χ0v) is 9.03. The largest absolute Gasteiger partial charge is 0.384 e. The summed E-state index contributed by atoms with van der Waals surface area (Å²) in [7, 11) is 3.24. The van der Waals surface area contributed by atoms with Gasteiger partial charge in [0.15, 0.2) is 0 Å². The Balaban J connectivity index is 0. The number of nitrogens with zero attached hydrogens (tertiary/aromatic N) is 2. The Kier molecular flexibility index (Phi) is 9.60. The first-order valence-corrected chi connectivity index (χ1v) is 4.20. The summed E-state index contributed by atoms with van der Waals surface area (Å²) >= 11 is 0. The van der Waals surface area contributed by atoms with Crippen LogP contribution in [0.4, 0.5) is 0 Å². The van der Waals surface area contributed by atoms with Gasteiger partial charge in [-0.2, -0.15) is 0 Å². The molecule has 0 heterocycles. The van der Waals surface area contributed by atoms with Gasteiger partial charge in [-0.15, -0.1) is 0 Å². The predicted molar refractivity (Wildman–Crippen MR) is 56.5 cm³/mol. The smallest absolute Gasteiger partial charge is 0.213 e. The van der Waals surface area contributed by atoms with Crippen molar-refractivity contribution in [2.45, 2.75) is 20.8 Å². The Morgan fingerprint density at radius 1 is 1.46 bits per heavy atom. The second-order valence-corrected chi connectivity index (χ2v) is 2.19. The van der Waals surface area contributed by atoms with Crippen LogP contribution in [0.15, 0.2) is 16.8 Å². The number of nitrogens with two attached hydrogens (primary N) is 1. The average molecular weight is 185 g/mol. The van der Waals surface area contributed by atoms with Crippen LogP contribution in [-0.4, -0.2) is 31.2 Å². The van der Waals surface area contributed by atoms with Gasteiger partial charge < -0.3 is 10.6 Å². The molecule has 0 bridgehead atoms. The summed E-state index contributed by atoms with van der Waals surface area (Å²) in [4.78, 5) is 15.3. The number of amides is 1. The van der Waals surface area contributed by atoms with Gasteiger partial charge in [0.05, 0.1) is 0 Å². The maximum absolute atomic E-state index is 10.2. The fraction of sp³-hybridized carbons (Fsp3) is 0.556. The molecule has 0 aromatic heterocycles. The van der Waals surface area contributed by atoms with Crippen LogP contribution in [-0.2, 0) is 4.79 Å². The summed E-state index contributed by atoms with van der Waals surface area (Å²) in [6.07, 6.45) is 2.32. The highest BCUT2D eigenvalue weighted by molar-refractivity contribution is 5.96. The van der Waals surface area contributed by atoms with Gasteiger partial charge >= 0.3 is 0 Å². The Labute approximate surface area is 80.1 Å². The minimum atomic E-state index is 0.443. The number of amidine groups is 1. The molecule has 4 heteroatoms. The third-order valence-corrected chi connectivity index (χ3v) is 1.21. The van der Waals surface area contributed by atoms with E-state index >= 15 is 0 Å². The average Bonchev–Trinajstić information content (AvgIpc) is 2.19. The molecule has 0 spiro atoms. The second kappa shape index (κ2) is 8.77. The molecule has 0 atom stereocenters. The van der Waals surface area contributed by atoms with Crippen molar-refractivity contribution < 1.29 is 4.79 Å². The number of hydrogen-bond acceptors (Lipinski definition) is 2. The lowest BCUT2D eigenvalue weighted by atomic mass is 10.3. The molecule has 0 fully saturated rings. The van der Waals surface area contributed by atoms with Gasteiger partial charge in [-0.25, -0.2) is 0 Å². The molecule has 0 aliphatic rings. The van der Waals surface area contributed by atoms with Gasteiger partial charge in [0, 0.05) is 25.9 Å². The van der Waals surface area contributed by atoms with Crippen LogP contribution in [0.3, 0.4) is 0 Å². The Bertz CT molecular complexity index is 197. The fourth-order valence-corrected chi connectivity index (χ4v) is 0.578. The maximum atomic E-state index is 10.2. The molecule has 1 amide bonds. The van der Waals surface area contributed by atoms with Gasteiger partial charge in [0.2, 0.25) is 6.41 Å². The quantitative estimate of drug-likeness (QED) is 0.405. The zero-order valence-electron chi connectivity index (χ0n) is 9.03. The monoisotopic (exact) mass is 185 g/mol. The van der Waals surface area contributed by atoms with Crippen LogP contribution < -0.4 is 5.73 Å². The summed E-state index contributed by atoms with van der Waals surface area (Å²) in [6, 6.07) is 0. The third kappa shape index (κ3) is 7.05. The first kappa shape index (κ1) is 14.2. The van der Waals surface area contributed by atoms with Gasteiger partial charge in [0.1, 0.15) is 5.84 Å². The normalized spacial score (nSPS) is 11.5. The van der Waals surface area contributed by atoms with Crippen molar-refractivity contribution in [1.82, 2.24) is 4.90 Å². The Hall–Kier alpha value is -1.32. The lowest BCUT2D eigenvalue weighted by Crippen LogP contribution is -2.16. The van der Waals surface area contributed by atoms with Crippen molar-refractivity contribution in [2.75, 3.05) is 14.1 Å². The van der Waals surface area contributed by atoms with Crippen LogP contribution in [0.1, 0.15) is 20.8 Å². The van der Waals surface area contributed by atoms with Crippen LogP contribution in [0.25, 0.3) is 0 Å². The summed E-state index contributed by atoms with van der Waals surface area (Å²) in [5.74, 6) is 0.443. The highest BCUT2D eigenvalue weighted by Gasteiger charge is 1.94. The van der Waals surface area contributed by atoms with Gasteiger partial charge in [0.25, 0.3) is 0 Å². The minimum absolute atomic E-state index is 0.443. The van der Waals surface area contributed by atoms with Crippen molar-refractivity contribution in [1.29, 1.82) is 0 Å². The van der Waals surface area contributed by atoms with Crippen molar-refractivity contribution in [3.8, 4) is 0 Å². The van der Waals surface area contributed by atoms with E-state index in [0.717, 1.165) is 5.57 Å². The first-order chi connectivity index (χ1) is 6.11. The number of rotatable bonds is 3. The standard InChI is InChI=1S/C7H13N3O.C2H6/c1-6(7(8)9-2)4-10(3)5-11;1-2/h4-5H,1-3H3,(H2,8,9);1-2H3/b6-4-;. The van der Waals surface area contributed by atoms with E-state index < -0.39 is 0 Å². The molecule has 4 nitrogen and oxygen atoms in total. The molecule has 0 saturated carbocycles. The lowest BCUT2D eigenvalue weighted by Gasteiger charge is -2.05. The molecule has 0 radical (unpaired) electrons. The summed E-state index contributed by atoms with van der Waals surface area (Å²) < 4.78 is 0. The number of carbonyl (C=O) groups excluding carboxylic acids is 1. The number of carbonyl (C=O) groups is 1. The molecule has 0 aromatic rings. The minimum Gasteiger partial charge on any atom is -0.384 e. The van der Waals surface area contributed by atoms with Crippen molar-refractivity contribution in [3.05, 3.63) is 11.8 Å². The molecule has 0 unspecified atom stereocenters. The molecular formula is C9H19N3O. The summed E-state index contributed by atoms with van der Waals surface area (Å²) in [6.45, 7) is 5.79. The van der Waals surface area contributed by atoms with Crippen molar-refractivity contribution in [3.63, 3.8) is 0 Å². The Morgan fingerprint density at radius 2 is 1.92 bits per heavy atom. The van der Waals surface area contributed by atoms with E-state index in [1.807, 2.05) is 13.8 Å². The van der Waals surface area contributed by atoms with E-state index in [9.17, 15) is 4.79 Å². The SMILES string of the molecule is CC.CN=C(N)/C(C)=C\N(C)C=O. The molecule has 0 saturated heterocycles. The van der Waals surface area contributed by atoms with Crippen molar-refractivity contribution in [2.24, 2.45) is 10.7 Å². The third-order valence-electron chi connectivity index (χ3n) is 1.21. The molecule has 13 heavy (non-hydrogen) atoms. The fourth-order valence-electron chi connectivity index (χ4n) is 0.578. The van der Waals surface area contributed by atoms with Crippen LogP contribution in [0, 0.1) is 0 Å². The second-order valence-electron chi connectivity index (χ2n) is 2.19. The van der Waals surface area contributed by atoms with E-state index in [0.29, 0.717) is 12.2 Å². The highest BCUT2D eigenvalue weighted by Crippen LogP contribution is 1.92. The molecule has 0 aliphatic carbocycles. The molecule has 0 aliphatic heterocycles. The van der Waals surface area contributed by atoms with Crippen LogP contribution in [0.5, 0.6) is 0 Å². The molecule has 2 N–H and O–H groups in total. The first-order valence-electron chi connectivity index (χ1n) is 4.20. The zero-order chi connectivity index (χ0) is 10.9. The molecular weight excluding hydrogens is 166 g/mol. The maximum Gasteiger partial charge on any atom is 0.213 e. The molecule has 0 rings (SSSR count). The topological polar surface area (TPSA) is 58.7 Å². The van der Waals surface area contributed by atoms with E-state index in [1.54, 1.807) is 27.2 Å². The van der Waals surface area contributed by atoms with E-state index in [-0.39, 0.29) is 0 Å². The lowest BCUT2D eigenvalue weighted by molar-refractivity contribution is -0.115. The van der Waals surface area contributed by atoms with Crippen LogP contribution >= 0.6 is 0 Å². The van der Waals surface area contributed by atoms with E-state index in [2.05, 4.69) is 4.99 Å². The van der Waals surface area contributed by atoms with Gasteiger partial charge in [-0.1, -0.05) is 13.8 Å². The van der Waals surface area contributed by atoms with Gasteiger partial charge in [-0.05, 0) is 6.92 Å². The summed E-state index contributed by atoms with van der Waals surface area (Å²) in [5.41, 5.74) is 6.24. The van der Waals surface area contributed by atoms with E-state index in [1.165, 1.54) is 4.90 Å². The van der Waals surface area contributed by atoms with Gasteiger partial charge in [-0.3, -0.25) is 9.79 Å². The molecule has 76 valence electrons. The Morgan fingerprint density at radius 3 is 2.23 bits per heavy atom. The summed E-state index contributed by atoms with van der Waals surface area (Å²) in [5, 5.41) is 0. The highest BCUT2D eigenvalue weighted by atomic mass is 16.1. The number of aliphatic imine (C=N–C) groups is 1. The van der Waals surface area contributed by atoms with Crippen LogP contribution in [0.2, 0.25) is 0 Å².